The molecule has 2 aromatic carbocycles. The van der Waals surface area contributed by atoms with Gasteiger partial charge in [-0.1, -0.05) is 18.2 Å². The van der Waals surface area contributed by atoms with Crippen molar-refractivity contribution < 1.29 is 9.18 Å². The minimum absolute atomic E-state index is 0.191. The molecule has 4 heteroatoms. The van der Waals surface area contributed by atoms with Crippen LogP contribution in [0.3, 0.4) is 0 Å². The van der Waals surface area contributed by atoms with Gasteiger partial charge < -0.3 is 10.6 Å². The van der Waals surface area contributed by atoms with E-state index in [2.05, 4.69) is 10.6 Å². The van der Waals surface area contributed by atoms with Crippen molar-refractivity contribution in [1.29, 1.82) is 0 Å². The van der Waals surface area contributed by atoms with Crippen LogP contribution in [-0.2, 0) is 0 Å². The third-order valence-electron chi connectivity index (χ3n) is 2.81. The smallest absolute Gasteiger partial charge is 0.257 e. The van der Waals surface area contributed by atoms with Gasteiger partial charge in [-0.2, -0.15) is 0 Å². The minimum atomic E-state index is -0.444. The minimum Gasteiger partial charge on any atom is -0.387 e. The number of nitrogens with one attached hydrogen (secondary N) is 2. The summed E-state index contributed by atoms with van der Waals surface area (Å²) in [7, 11) is 1.74. The topological polar surface area (TPSA) is 41.1 Å². The van der Waals surface area contributed by atoms with E-state index in [1.165, 1.54) is 6.07 Å². The Morgan fingerprint density at radius 1 is 1.11 bits per heavy atom. The summed E-state index contributed by atoms with van der Waals surface area (Å²) in [5, 5.41) is 5.52. The number of hydrogen-bond acceptors (Lipinski definition) is 2. The second-order valence-electron chi connectivity index (χ2n) is 4.23. The number of carbonyl (C=O) groups is 1. The summed E-state index contributed by atoms with van der Waals surface area (Å²) in [4.78, 5) is 12.1. The predicted molar refractivity (Wildman–Crippen MR) is 75.1 cm³/mol. The van der Waals surface area contributed by atoms with Crippen molar-refractivity contribution in [3.8, 4) is 0 Å². The first-order chi connectivity index (χ1) is 9.11. The Hall–Kier alpha value is -2.36. The zero-order valence-electron chi connectivity index (χ0n) is 10.8. The van der Waals surface area contributed by atoms with Crippen LogP contribution < -0.4 is 10.6 Å². The summed E-state index contributed by atoms with van der Waals surface area (Å²) in [6, 6.07) is 11.7. The molecule has 98 valence electrons. The number of benzene rings is 2. The third kappa shape index (κ3) is 2.91. The van der Waals surface area contributed by atoms with Crippen molar-refractivity contribution >= 4 is 17.3 Å². The van der Waals surface area contributed by atoms with E-state index in [9.17, 15) is 9.18 Å². The van der Waals surface area contributed by atoms with Crippen molar-refractivity contribution in [2.24, 2.45) is 0 Å². The number of carbonyl (C=O) groups excluding carboxylic acids is 1. The van der Waals surface area contributed by atoms with Crippen molar-refractivity contribution in [2.75, 3.05) is 17.7 Å². The molecule has 0 unspecified atom stereocenters. The summed E-state index contributed by atoms with van der Waals surface area (Å²) in [5.41, 5.74) is 2.26. The number of rotatable bonds is 3. The quantitative estimate of drug-likeness (QED) is 0.885. The van der Waals surface area contributed by atoms with Crippen LogP contribution in [0.25, 0.3) is 0 Å². The van der Waals surface area contributed by atoms with Gasteiger partial charge in [0.15, 0.2) is 0 Å². The molecule has 0 fully saturated rings. The molecular weight excluding hydrogens is 243 g/mol. The van der Waals surface area contributed by atoms with Gasteiger partial charge >= 0.3 is 0 Å². The van der Waals surface area contributed by atoms with E-state index in [1.54, 1.807) is 37.4 Å². The molecule has 0 bridgehead atoms. The molecule has 0 saturated carbocycles. The fourth-order valence-electron chi connectivity index (χ4n) is 1.82. The van der Waals surface area contributed by atoms with Gasteiger partial charge in [0.05, 0.1) is 11.3 Å². The summed E-state index contributed by atoms with van der Waals surface area (Å²) >= 11 is 0. The SMILES string of the molecule is CNc1ccccc1C(=O)Nc1cc(C)ccc1F. The average Bonchev–Trinajstić information content (AvgIpc) is 2.42. The highest BCUT2D eigenvalue weighted by atomic mass is 19.1. The summed E-state index contributed by atoms with van der Waals surface area (Å²) in [6.45, 7) is 1.84. The van der Waals surface area contributed by atoms with Crippen LogP contribution >= 0.6 is 0 Å². The standard InChI is InChI=1S/C15H15FN2O/c1-10-7-8-12(16)14(9-10)18-15(19)11-5-3-4-6-13(11)17-2/h3-9,17H,1-2H3,(H,18,19). The van der Waals surface area contributed by atoms with Gasteiger partial charge in [0.25, 0.3) is 5.91 Å². The molecule has 2 N–H and O–H groups in total. The van der Waals surface area contributed by atoms with Gasteiger partial charge in [0.2, 0.25) is 0 Å². The number of anilines is 2. The van der Waals surface area contributed by atoms with Gasteiger partial charge in [-0.15, -0.1) is 0 Å². The van der Waals surface area contributed by atoms with Gasteiger partial charge in [0.1, 0.15) is 5.82 Å². The number of amides is 1. The zero-order chi connectivity index (χ0) is 13.8. The molecule has 2 aromatic rings. The van der Waals surface area contributed by atoms with Crippen LogP contribution in [-0.4, -0.2) is 13.0 Å². The van der Waals surface area contributed by atoms with E-state index in [1.807, 2.05) is 13.0 Å². The average molecular weight is 258 g/mol. The molecule has 0 aromatic heterocycles. The van der Waals surface area contributed by atoms with Gasteiger partial charge in [-0.05, 0) is 36.8 Å². The van der Waals surface area contributed by atoms with E-state index in [0.717, 1.165) is 5.56 Å². The maximum absolute atomic E-state index is 13.6. The lowest BCUT2D eigenvalue weighted by molar-refractivity contribution is 0.102. The van der Waals surface area contributed by atoms with E-state index in [-0.39, 0.29) is 11.6 Å². The maximum atomic E-state index is 13.6. The Morgan fingerprint density at radius 3 is 2.58 bits per heavy atom. The molecule has 0 aliphatic rings. The predicted octanol–water partition coefficient (Wildman–Crippen LogP) is 3.43. The van der Waals surface area contributed by atoms with Crippen molar-refractivity contribution in [1.82, 2.24) is 0 Å². The Kier molecular flexibility index (Phi) is 3.80. The lowest BCUT2D eigenvalue weighted by Gasteiger charge is -2.10. The second-order valence-corrected chi connectivity index (χ2v) is 4.23. The van der Waals surface area contributed by atoms with Crippen molar-refractivity contribution in [3.63, 3.8) is 0 Å². The molecule has 0 atom stereocenters. The summed E-state index contributed by atoms with van der Waals surface area (Å²) in [6.07, 6.45) is 0. The molecule has 3 nitrogen and oxygen atoms in total. The molecule has 1 amide bonds. The maximum Gasteiger partial charge on any atom is 0.257 e. The zero-order valence-corrected chi connectivity index (χ0v) is 10.8. The highest BCUT2D eigenvalue weighted by molar-refractivity contribution is 6.08. The summed E-state index contributed by atoms with van der Waals surface area (Å²) in [5.74, 6) is -0.782. The van der Waals surface area contributed by atoms with Crippen molar-refractivity contribution in [2.45, 2.75) is 6.92 Å². The van der Waals surface area contributed by atoms with E-state index in [0.29, 0.717) is 11.3 Å². The first-order valence-corrected chi connectivity index (χ1v) is 5.96. The normalized spacial score (nSPS) is 10.1. The third-order valence-corrected chi connectivity index (χ3v) is 2.81. The lowest BCUT2D eigenvalue weighted by Crippen LogP contribution is -2.14. The van der Waals surface area contributed by atoms with Crippen LogP contribution in [0.15, 0.2) is 42.5 Å². The van der Waals surface area contributed by atoms with E-state index in [4.69, 9.17) is 0 Å². The monoisotopic (exact) mass is 258 g/mol. The number of halogens is 1. The second kappa shape index (κ2) is 5.52. The molecular formula is C15H15FN2O. The molecule has 0 radical (unpaired) electrons. The van der Waals surface area contributed by atoms with Gasteiger partial charge in [-0.25, -0.2) is 4.39 Å². The fraction of sp³-hybridized carbons (Fsp3) is 0.133. The fourth-order valence-corrected chi connectivity index (χ4v) is 1.82. The summed E-state index contributed by atoms with van der Waals surface area (Å²) < 4.78 is 13.6. The lowest BCUT2D eigenvalue weighted by atomic mass is 10.1. The van der Waals surface area contributed by atoms with Crippen LogP contribution in [0.4, 0.5) is 15.8 Å². The number of aryl methyl sites for hydroxylation is 1. The van der Waals surface area contributed by atoms with E-state index >= 15 is 0 Å². The first kappa shape index (κ1) is 13.1. The Morgan fingerprint density at radius 2 is 1.84 bits per heavy atom. The highest BCUT2D eigenvalue weighted by Crippen LogP contribution is 2.19. The first-order valence-electron chi connectivity index (χ1n) is 5.96. The Labute approximate surface area is 111 Å². The Bertz CT molecular complexity index is 611. The van der Waals surface area contributed by atoms with Crippen LogP contribution in [0.1, 0.15) is 15.9 Å². The van der Waals surface area contributed by atoms with Gasteiger partial charge in [-0.3, -0.25) is 4.79 Å². The van der Waals surface area contributed by atoms with Gasteiger partial charge in [0, 0.05) is 12.7 Å². The molecule has 0 heterocycles. The number of para-hydroxylation sites is 1. The Balaban J connectivity index is 2.28. The molecule has 2 rings (SSSR count). The van der Waals surface area contributed by atoms with E-state index < -0.39 is 5.82 Å². The van der Waals surface area contributed by atoms with Crippen LogP contribution in [0, 0.1) is 12.7 Å². The highest BCUT2D eigenvalue weighted by Gasteiger charge is 2.12. The van der Waals surface area contributed by atoms with Crippen LogP contribution in [0.2, 0.25) is 0 Å². The molecule has 0 aliphatic heterocycles. The number of hydrogen-bond donors (Lipinski definition) is 2. The van der Waals surface area contributed by atoms with Crippen LogP contribution in [0.5, 0.6) is 0 Å². The molecule has 0 aliphatic carbocycles. The molecule has 19 heavy (non-hydrogen) atoms. The van der Waals surface area contributed by atoms with Crippen molar-refractivity contribution in [3.05, 3.63) is 59.4 Å². The molecule has 0 saturated heterocycles. The largest absolute Gasteiger partial charge is 0.387 e. The molecule has 0 spiro atoms.